The Morgan fingerprint density at radius 3 is 2.83 bits per heavy atom. The number of aromatic nitrogens is 2. The number of carbonyl (C=O) groups excluding carboxylic acids is 1. The second-order valence-corrected chi connectivity index (χ2v) is 5.91. The van der Waals surface area contributed by atoms with Gasteiger partial charge >= 0.3 is 6.03 Å². The van der Waals surface area contributed by atoms with Crippen LogP contribution >= 0.6 is 0 Å². The van der Waals surface area contributed by atoms with Crippen molar-refractivity contribution in [1.29, 1.82) is 0 Å². The van der Waals surface area contributed by atoms with Gasteiger partial charge in [0.15, 0.2) is 0 Å². The Morgan fingerprint density at radius 2 is 2.13 bits per heavy atom. The summed E-state index contributed by atoms with van der Waals surface area (Å²) in [5.74, 6) is 0. The molecule has 2 atom stereocenters. The first kappa shape index (κ1) is 15.6. The fraction of sp³-hybridized carbons (Fsp3) is 0.412. The largest absolute Gasteiger partial charge is 0.390 e. The Balaban J connectivity index is 1.75. The van der Waals surface area contributed by atoms with Crippen molar-refractivity contribution < 1.29 is 9.90 Å². The van der Waals surface area contributed by atoms with Crippen molar-refractivity contribution in [3.8, 4) is 0 Å². The molecule has 122 valence electrons. The van der Waals surface area contributed by atoms with Gasteiger partial charge in [-0.05, 0) is 31.9 Å². The lowest BCUT2D eigenvalue weighted by Gasteiger charge is -2.18. The van der Waals surface area contributed by atoms with Gasteiger partial charge in [-0.2, -0.15) is 5.10 Å². The monoisotopic (exact) mass is 314 g/mol. The molecular weight excluding hydrogens is 292 g/mol. The number of aliphatic hydroxyl groups is 1. The summed E-state index contributed by atoms with van der Waals surface area (Å²) in [5, 5.41) is 20.4. The molecule has 0 bridgehead atoms. The standard InChI is InChI=1S/C17H22N4O2/c1-4-21-11(3)15(10(2)20-21)18-17(23)19-16-13-8-6-5-7-12(13)9-14(16)22/h5-8,14,16,22H,4,9H2,1-3H3,(H2,18,19,23)/t14-,16-/m0/s1. The van der Waals surface area contributed by atoms with Crippen LogP contribution in [0, 0.1) is 13.8 Å². The van der Waals surface area contributed by atoms with E-state index in [4.69, 9.17) is 0 Å². The molecule has 0 saturated heterocycles. The van der Waals surface area contributed by atoms with Crippen LogP contribution in [0.3, 0.4) is 0 Å². The third-order valence-corrected chi connectivity index (χ3v) is 4.41. The Hall–Kier alpha value is -2.34. The number of hydrogen-bond donors (Lipinski definition) is 3. The third kappa shape index (κ3) is 2.82. The molecule has 1 aliphatic carbocycles. The lowest BCUT2D eigenvalue weighted by Crippen LogP contribution is -2.37. The van der Waals surface area contributed by atoms with Gasteiger partial charge < -0.3 is 15.7 Å². The van der Waals surface area contributed by atoms with Gasteiger partial charge in [-0.15, -0.1) is 0 Å². The minimum atomic E-state index is -0.598. The Bertz CT molecular complexity index is 738. The zero-order valence-electron chi connectivity index (χ0n) is 13.6. The van der Waals surface area contributed by atoms with E-state index in [9.17, 15) is 9.90 Å². The van der Waals surface area contributed by atoms with Crippen LogP contribution in [0.1, 0.15) is 35.5 Å². The minimum absolute atomic E-state index is 0.326. The van der Waals surface area contributed by atoms with Crippen molar-refractivity contribution in [3.05, 3.63) is 46.8 Å². The molecule has 3 N–H and O–H groups in total. The van der Waals surface area contributed by atoms with E-state index in [0.717, 1.165) is 34.7 Å². The second kappa shape index (κ2) is 6.04. The molecule has 6 nitrogen and oxygen atoms in total. The predicted octanol–water partition coefficient (Wildman–Crippen LogP) is 2.30. The number of aryl methyl sites for hydroxylation is 2. The van der Waals surface area contributed by atoms with Crippen LogP contribution in [-0.2, 0) is 13.0 Å². The number of urea groups is 1. The summed E-state index contributed by atoms with van der Waals surface area (Å²) >= 11 is 0. The number of nitrogens with zero attached hydrogens (tertiary/aromatic N) is 2. The minimum Gasteiger partial charge on any atom is -0.390 e. The number of anilines is 1. The zero-order valence-corrected chi connectivity index (χ0v) is 13.6. The molecule has 23 heavy (non-hydrogen) atoms. The summed E-state index contributed by atoms with van der Waals surface area (Å²) in [6.45, 7) is 6.56. The summed E-state index contributed by atoms with van der Waals surface area (Å²) in [7, 11) is 0. The lowest BCUT2D eigenvalue weighted by molar-refractivity contribution is 0.144. The number of aliphatic hydroxyl groups excluding tert-OH is 1. The molecule has 1 aliphatic rings. The molecule has 0 aliphatic heterocycles. The number of nitrogens with one attached hydrogen (secondary N) is 2. The van der Waals surface area contributed by atoms with Gasteiger partial charge in [0.1, 0.15) is 0 Å². The number of fused-ring (bicyclic) bond motifs is 1. The third-order valence-electron chi connectivity index (χ3n) is 4.41. The predicted molar refractivity (Wildman–Crippen MR) is 88.4 cm³/mol. The van der Waals surface area contributed by atoms with Crippen molar-refractivity contribution in [1.82, 2.24) is 15.1 Å². The molecule has 0 unspecified atom stereocenters. The maximum absolute atomic E-state index is 12.4. The van der Waals surface area contributed by atoms with E-state index < -0.39 is 6.10 Å². The molecule has 1 aromatic carbocycles. The van der Waals surface area contributed by atoms with E-state index in [0.29, 0.717) is 6.42 Å². The first-order valence-corrected chi connectivity index (χ1v) is 7.88. The van der Waals surface area contributed by atoms with Gasteiger partial charge in [-0.1, -0.05) is 24.3 Å². The summed E-state index contributed by atoms with van der Waals surface area (Å²) in [6.07, 6.45) is -0.0360. The molecule has 0 saturated carbocycles. The molecule has 2 aromatic rings. The lowest BCUT2D eigenvalue weighted by atomic mass is 10.1. The number of benzene rings is 1. The quantitative estimate of drug-likeness (QED) is 0.813. The van der Waals surface area contributed by atoms with Crippen LogP contribution in [0.15, 0.2) is 24.3 Å². The van der Waals surface area contributed by atoms with Gasteiger partial charge in [-0.3, -0.25) is 4.68 Å². The number of hydrogen-bond acceptors (Lipinski definition) is 3. The number of carbonyl (C=O) groups is 1. The Kier molecular flexibility index (Phi) is 4.09. The summed E-state index contributed by atoms with van der Waals surface area (Å²) in [4.78, 5) is 12.4. The summed E-state index contributed by atoms with van der Waals surface area (Å²) < 4.78 is 1.85. The maximum atomic E-state index is 12.4. The highest BCUT2D eigenvalue weighted by molar-refractivity contribution is 5.91. The average molecular weight is 314 g/mol. The first-order chi connectivity index (χ1) is 11.0. The molecular formula is C17H22N4O2. The van der Waals surface area contributed by atoms with E-state index in [1.165, 1.54) is 0 Å². The molecule has 1 aromatic heterocycles. The normalized spacial score (nSPS) is 19.5. The zero-order chi connectivity index (χ0) is 16.6. The van der Waals surface area contributed by atoms with Gasteiger partial charge in [0.25, 0.3) is 0 Å². The molecule has 3 rings (SSSR count). The smallest absolute Gasteiger partial charge is 0.319 e. The molecule has 1 heterocycles. The summed E-state index contributed by atoms with van der Waals surface area (Å²) in [6, 6.07) is 7.09. The molecule has 0 spiro atoms. The Morgan fingerprint density at radius 1 is 1.39 bits per heavy atom. The van der Waals surface area contributed by atoms with Crippen LogP contribution in [0.4, 0.5) is 10.5 Å². The fourth-order valence-electron chi connectivity index (χ4n) is 3.22. The van der Waals surface area contributed by atoms with Gasteiger partial charge in [0, 0.05) is 13.0 Å². The van der Waals surface area contributed by atoms with Crippen LogP contribution in [-0.4, -0.2) is 27.0 Å². The van der Waals surface area contributed by atoms with E-state index in [1.807, 2.05) is 49.7 Å². The topological polar surface area (TPSA) is 79.2 Å². The van der Waals surface area contributed by atoms with Crippen LogP contribution in [0.25, 0.3) is 0 Å². The first-order valence-electron chi connectivity index (χ1n) is 7.88. The van der Waals surface area contributed by atoms with Crippen LogP contribution < -0.4 is 10.6 Å². The maximum Gasteiger partial charge on any atom is 0.319 e. The van der Waals surface area contributed by atoms with Gasteiger partial charge in [-0.25, -0.2) is 4.79 Å². The van der Waals surface area contributed by atoms with Crippen molar-refractivity contribution in [2.24, 2.45) is 0 Å². The van der Waals surface area contributed by atoms with Crippen molar-refractivity contribution >= 4 is 11.7 Å². The SMILES string of the molecule is CCn1nc(C)c(NC(=O)N[C@H]2c3ccccc3C[C@@H]2O)c1C. The summed E-state index contributed by atoms with van der Waals surface area (Å²) in [5.41, 5.74) is 4.49. The van der Waals surface area contributed by atoms with E-state index in [-0.39, 0.29) is 12.1 Å². The fourth-order valence-corrected chi connectivity index (χ4v) is 3.22. The van der Waals surface area contributed by atoms with Crippen molar-refractivity contribution in [2.45, 2.75) is 45.9 Å². The highest BCUT2D eigenvalue weighted by atomic mass is 16.3. The molecule has 0 fully saturated rings. The van der Waals surface area contributed by atoms with Gasteiger partial charge in [0.2, 0.25) is 0 Å². The van der Waals surface area contributed by atoms with E-state index in [2.05, 4.69) is 15.7 Å². The van der Waals surface area contributed by atoms with E-state index >= 15 is 0 Å². The Labute approximate surface area is 135 Å². The average Bonchev–Trinajstić information content (AvgIpc) is 2.98. The van der Waals surface area contributed by atoms with Crippen LogP contribution in [0.2, 0.25) is 0 Å². The van der Waals surface area contributed by atoms with E-state index in [1.54, 1.807) is 0 Å². The van der Waals surface area contributed by atoms with Crippen molar-refractivity contribution in [3.63, 3.8) is 0 Å². The highest BCUT2D eigenvalue weighted by Crippen LogP contribution is 2.31. The highest BCUT2D eigenvalue weighted by Gasteiger charge is 2.32. The molecule has 0 radical (unpaired) electrons. The number of rotatable bonds is 3. The van der Waals surface area contributed by atoms with Crippen LogP contribution in [0.5, 0.6) is 0 Å². The van der Waals surface area contributed by atoms with Crippen molar-refractivity contribution in [2.75, 3.05) is 5.32 Å². The second-order valence-electron chi connectivity index (χ2n) is 5.91. The van der Waals surface area contributed by atoms with Gasteiger partial charge in [0.05, 0.1) is 29.2 Å². The number of amides is 2. The molecule has 6 heteroatoms. The molecule has 2 amide bonds.